The van der Waals surface area contributed by atoms with E-state index in [0.29, 0.717) is 11.7 Å². The fourth-order valence-corrected chi connectivity index (χ4v) is 1.94. The van der Waals surface area contributed by atoms with E-state index in [1.807, 2.05) is 38.1 Å². The van der Waals surface area contributed by atoms with Gasteiger partial charge in [0.1, 0.15) is 0 Å². The molecular weight excluding hydrogens is 294 g/mol. The van der Waals surface area contributed by atoms with Gasteiger partial charge in [0.2, 0.25) is 11.7 Å². The summed E-state index contributed by atoms with van der Waals surface area (Å²) in [5.41, 5.74) is 6.92. The maximum Gasteiger partial charge on any atom is 0.231 e. The van der Waals surface area contributed by atoms with Crippen molar-refractivity contribution in [3.05, 3.63) is 34.6 Å². The van der Waals surface area contributed by atoms with Crippen LogP contribution in [0.4, 0.5) is 0 Å². The monoisotopic (exact) mass is 309 g/mol. The Bertz CT molecular complexity index is 509. The van der Waals surface area contributed by atoms with Crippen LogP contribution >= 0.6 is 15.9 Å². The molecule has 2 aromatic rings. The fraction of sp³-hybridized carbons (Fsp3) is 0.385. The topological polar surface area (TPSA) is 64.9 Å². The Balaban J connectivity index is 2.22. The van der Waals surface area contributed by atoms with Gasteiger partial charge in [0.25, 0.3) is 0 Å². The van der Waals surface area contributed by atoms with Crippen molar-refractivity contribution in [1.82, 2.24) is 10.1 Å². The van der Waals surface area contributed by atoms with E-state index in [0.717, 1.165) is 16.5 Å². The molecule has 1 heterocycles. The Labute approximate surface area is 115 Å². The average Bonchev–Trinajstić information content (AvgIpc) is 2.87. The predicted molar refractivity (Wildman–Crippen MR) is 74.1 cm³/mol. The molecule has 18 heavy (non-hydrogen) atoms. The second-order valence-corrected chi connectivity index (χ2v) is 5.24. The zero-order valence-electron chi connectivity index (χ0n) is 10.4. The summed E-state index contributed by atoms with van der Waals surface area (Å²) < 4.78 is 6.31. The zero-order valence-corrected chi connectivity index (χ0v) is 12.0. The van der Waals surface area contributed by atoms with E-state index in [-0.39, 0.29) is 12.0 Å². The number of halogens is 1. The van der Waals surface area contributed by atoms with Crippen molar-refractivity contribution >= 4 is 15.9 Å². The van der Waals surface area contributed by atoms with Gasteiger partial charge in [-0.05, 0) is 30.7 Å². The summed E-state index contributed by atoms with van der Waals surface area (Å²) in [6, 6.07) is 7.84. The van der Waals surface area contributed by atoms with Crippen molar-refractivity contribution in [2.45, 2.75) is 32.2 Å². The molecule has 0 fully saturated rings. The second kappa shape index (κ2) is 5.63. The molecule has 2 rings (SSSR count). The molecular formula is C13H16BrN3O. The normalized spacial score (nSPS) is 14.4. The van der Waals surface area contributed by atoms with E-state index in [1.165, 1.54) is 0 Å². The lowest BCUT2D eigenvalue weighted by Crippen LogP contribution is -2.25. The van der Waals surface area contributed by atoms with Gasteiger partial charge in [-0.25, -0.2) is 0 Å². The summed E-state index contributed by atoms with van der Waals surface area (Å²) in [7, 11) is 0. The highest BCUT2D eigenvalue weighted by Crippen LogP contribution is 2.23. The molecule has 1 aromatic carbocycles. The fourth-order valence-electron chi connectivity index (χ4n) is 1.67. The number of nitrogens with two attached hydrogens (primary N) is 1. The van der Waals surface area contributed by atoms with E-state index in [9.17, 15) is 0 Å². The van der Waals surface area contributed by atoms with Crippen LogP contribution in [0.25, 0.3) is 11.4 Å². The van der Waals surface area contributed by atoms with Crippen LogP contribution in [0.5, 0.6) is 0 Å². The van der Waals surface area contributed by atoms with E-state index in [4.69, 9.17) is 10.3 Å². The van der Waals surface area contributed by atoms with Crippen molar-refractivity contribution < 1.29 is 4.52 Å². The molecule has 96 valence electrons. The Kier molecular flexibility index (Phi) is 4.14. The largest absolute Gasteiger partial charge is 0.339 e. The molecule has 0 saturated heterocycles. The Hall–Kier alpha value is -1.20. The highest BCUT2D eigenvalue weighted by molar-refractivity contribution is 9.10. The van der Waals surface area contributed by atoms with Gasteiger partial charge in [0, 0.05) is 16.1 Å². The first-order valence-electron chi connectivity index (χ1n) is 5.97. The Morgan fingerprint density at radius 3 is 2.61 bits per heavy atom. The summed E-state index contributed by atoms with van der Waals surface area (Å²) in [6.45, 7) is 4.06. The molecule has 2 N–H and O–H groups in total. The van der Waals surface area contributed by atoms with Gasteiger partial charge in [-0.1, -0.05) is 34.9 Å². The number of hydrogen-bond acceptors (Lipinski definition) is 4. The summed E-state index contributed by atoms with van der Waals surface area (Å²) in [5, 5.41) is 4.00. The molecule has 5 heteroatoms. The molecule has 1 aromatic heterocycles. The van der Waals surface area contributed by atoms with E-state index in [2.05, 4.69) is 26.1 Å². The molecule has 0 saturated carbocycles. The van der Waals surface area contributed by atoms with Crippen LogP contribution in [0.2, 0.25) is 0 Å². The summed E-state index contributed by atoms with van der Waals surface area (Å²) in [6.07, 6.45) is 0.886. The van der Waals surface area contributed by atoms with Crippen molar-refractivity contribution in [2.24, 2.45) is 5.73 Å². The number of aromatic nitrogens is 2. The maximum atomic E-state index is 5.98. The minimum absolute atomic E-state index is 0.0446. The number of nitrogens with zero attached hydrogens (tertiary/aromatic N) is 2. The first-order chi connectivity index (χ1) is 8.61. The lowest BCUT2D eigenvalue weighted by Gasteiger charge is -2.13. The van der Waals surface area contributed by atoms with Crippen LogP contribution in [0.3, 0.4) is 0 Å². The zero-order chi connectivity index (χ0) is 13.1. The molecule has 0 aliphatic heterocycles. The van der Waals surface area contributed by atoms with Crippen LogP contribution in [0, 0.1) is 0 Å². The molecule has 0 bridgehead atoms. The third-order valence-electron chi connectivity index (χ3n) is 3.05. The minimum Gasteiger partial charge on any atom is -0.339 e. The molecule has 2 unspecified atom stereocenters. The van der Waals surface area contributed by atoms with Crippen molar-refractivity contribution in [2.75, 3.05) is 0 Å². The van der Waals surface area contributed by atoms with Gasteiger partial charge in [0.05, 0.1) is 5.92 Å². The number of rotatable bonds is 4. The van der Waals surface area contributed by atoms with Gasteiger partial charge < -0.3 is 10.3 Å². The first-order valence-corrected chi connectivity index (χ1v) is 6.76. The van der Waals surface area contributed by atoms with Gasteiger partial charge in [-0.15, -0.1) is 0 Å². The van der Waals surface area contributed by atoms with E-state index >= 15 is 0 Å². The molecule has 0 amide bonds. The van der Waals surface area contributed by atoms with Crippen molar-refractivity contribution in [3.8, 4) is 11.4 Å². The highest BCUT2D eigenvalue weighted by atomic mass is 79.9. The van der Waals surface area contributed by atoms with Crippen molar-refractivity contribution in [1.29, 1.82) is 0 Å². The highest BCUT2D eigenvalue weighted by Gasteiger charge is 2.20. The predicted octanol–water partition coefficient (Wildman–Crippen LogP) is 3.34. The smallest absolute Gasteiger partial charge is 0.231 e. The van der Waals surface area contributed by atoms with Gasteiger partial charge >= 0.3 is 0 Å². The van der Waals surface area contributed by atoms with Gasteiger partial charge in [-0.3, -0.25) is 0 Å². The Morgan fingerprint density at radius 2 is 2.00 bits per heavy atom. The molecule has 0 spiro atoms. The third-order valence-corrected chi connectivity index (χ3v) is 3.58. The second-order valence-electron chi connectivity index (χ2n) is 4.32. The molecule has 0 radical (unpaired) electrons. The maximum absolute atomic E-state index is 5.98. The average molecular weight is 310 g/mol. The van der Waals surface area contributed by atoms with Crippen LogP contribution in [-0.2, 0) is 0 Å². The lowest BCUT2D eigenvalue weighted by molar-refractivity contribution is 0.340. The molecule has 0 aliphatic carbocycles. The number of hydrogen-bond donors (Lipinski definition) is 1. The van der Waals surface area contributed by atoms with E-state index < -0.39 is 0 Å². The molecule has 4 nitrogen and oxygen atoms in total. The first kappa shape index (κ1) is 13.2. The molecule has 0 aliphatic rings. The van der Waals surface area contributed by atoms with Crippen LogP contribution in [0.15, 0.2) is 33.3 Å². The van der Waals surface area contributed by atoms with E-state index in [1.54, 1.807) is 0 Å². The quantitative estimate of drug-likeness (QED) is 0.940. The van der Waals surface area contributed by atoms with Crippen LogP contribution in [-0.4, -0.2) is 16.2 Å². The summed E-state index contributed by atoms with van der Waals surface area (Å²) >= 11 is 3.39. The standard InChI is InChI=1S/C13H16BrN3O/c1-3-11(15)8(2)13-16-12(17-18-13)9-4-6-10(14)7-5-9/h4-8,11H,3,15H2,1-2H3. The number of benzene rings is 1. The van der Waals surface area contributed by atoms with Crippen LogP contribution in [0.1, 0.15) is 32.1 Å². The lowest BCUT2D eigenvalue weighted by atomic mass is 10.0. The summed E-state index contributed by atoms with van der Waals surface area (Å²) in [4.78, 5) is 4.41. The third kappa shape index (κ3) is 2.79. The van der Waals surface area contributed by atoms with Crippen LogP contribution < -0.4 is 5.73 Å². The van der Waals surface area contributed by atoms with Gasteiger partial charge in [0.15, 0.2) is 0 Å². The molecule has 2 atom stereocenters. The SMILES string of the molecule is CCC(N)C(C)c1nc(-c2ccc(Br)cc2)no1. The summed E-state index contributed by atoms with van der Waals surface area (Å²) in [5.74, 6) is 1.28. The van der Waals surface area contributed by atoms with Gasteiger partial charge in [-0.2, -0.15) is 4.98 Å². The Morgan fingerprint density at radius 1 is 1.33 bits per heavy atom. The minimum atomic E-state index is 0.0446. The van der Waals surface area contributed by atoms with Crippen molar-refractivity contribution in [3.63, 3.8) is 0 Å².